The molecule has 0 radical (unpaired) electrons. The second kappa shape index (κ2) is 10.1. The first-order valence-corrected chi connectivity index (χ1v) is 8.52. The van der Waals surface area contributed by atoms with Crippen molar-refractivity contribution < 1.29 is 19.1 Å². The molecule has 1 saturated carbocycles. The van der Waals surface area contributed by atoms with Crippen molar-refractivity contribution in [1.29, 1.82) is 0 Å². The minimum absolute atomic E-state index is 0.177. The maximum atomic E-state index is 12.1. The molecule has 0 bridgehead atoms. The molecule has 0 heterocycles. The van der Waals surface area contributed by atoms with Crippen LogP contribution in [-0.2, 0) is 19.1 Å². The molecule has 0 saturated heterocycles. The van der Waals surface area contributed by atoms with Gasteiger partial charge in [-0.2, -0.15) is 0 Å². The van der Waals surface area contributed by atoms with Gasteiger partial charge in [0.05, 0.1) is 13.7 Å². The summed E-state index contributed by atoms with van der Waals surface area (Å²) in [5.41, 5.74) is 1.36. The predicted molar refractivity (Wildman–Crippen MR) is 89.5 cm³/mol. The van der Waals surface area contributed by atoms with Crippen molar-refractivity contribution in [2.45, 2.75) is 58.8 Å². The number of carbonyl (C=O) groups excluding carboxylic acids is 2. The zero-order valence-corrected chi connectivity index (χ0v) is 14.5. The standard InChI is InChI=1S/C19H28O4/c1-5-8-9-10-16-14(13-18(20)22-4)11-12-17(16)15(6-2)19(21)23-7-3/h2,14,16H,5,7-13H2,1,3-4H3/b17-15-. The second-order valence-electron chi connectivity index (χ2n) is 5.95. The Kier molecular flexibility index (Phi) is 8.47. The fraction of sp³-hybridized carbons (Fsp3) is 0.684. The van der Waals surface area contributed by atoms with Crippen molar-refractivity contribution in [3.63, 3.8) is 0 Å². The van der Waals surface area contributed by atoms with Gasteiger partial charge < -0.3 is 9.47 Å². The number of hydrogen-bond acceptors (Lipinski definition) is 4. The van der Waals surface area contributed by atoms with Crippen molar-refractivity contribution in [2.24, 2.45) is 11.8 Å². The largest absolute Gasteiger partial charge is 0.469 e. The molecule has 0 spiro atoms. The zero-order valence-electron chi connectivity index (χ0n) is 14.5. The van der Waals surface area contributed by atoms with Gasteiger partial charge in [-0.3, -0.25) is 4.79 Å². The summed E-state index contributed by atoms with van der Waals surface area (Å²) in [6.45, 7) is 4.23. The molecular weight excluding hydrogens is 292 g/mol. The van der Waals surface area contributed by atoms with Gasteiger partial charge in [0.1, 0.15) is 5.57 Å². The highest BCUT2D eigenvalue weighted by Crippen LogP contribution is 2.43. The molecule has 128 valence electrons. The number of methoxy groups -OCH3 is 1. The average Bonchev–Trinajstić information content (AvgIpc) is 2.91. The maximum Gasteiger partial charge on any atom is 0.346 e. The number of esters is 2. The molecule has 0 aliphatic heterocycles. The van der Waals surface area contributed by atoms with E-state index in [1.165, 1.54) is 7.11 Å². The Labute approximate surface area is 139 Å². The molecule has 1 aliphatic carbocycles. The summed E-state index contributed by atoms with van der Waals surface area (Å²) in [5, 5.41) is 0. The number of unbranched alkanes of at least 4 members (excludes halogenated alkanes) is 2. The highest BCUT2D eigenvalue weighted by molar-refractivity contribution is 5.94. The smallest absolute Gasteiger partial charge is 0.346 e. The highest BCUT2D eigenvalue weighted by atomic mass is 16.5. The third-order valence-electron chi connectivity index (χ3n) is 4.52. The minimum Gasteiger partial charge on any atom is -0.469 e. The summed E-state index contributed by atoms with van der Waals surface area (Å²) < 4.78 is 9.90. The van der Waals surface area contributed by atoms with Gasteiger partial charge in [-0.05, 0) is 43.6 Å². The lowest BCUT2D eigenvalue weighted by atomic mass is 9.84. The van der Waals surface area contributed by atoms with Crippen LogP contribution in [-0.4, -0.2) is 25.7 Å². The number of allylic oxidation sites excluding steroid dienone is 1. The summed E-state index contributed by atoms with van der Waals surface area (Å²) in [7, 11) is 1.41. The normalized spacial score (nSPS) is 22.3. The van der Waals surface area contributed by atoms with Gasteiger partial charge in [-0.1, -0.05) is 32.1 Å². The molecule has 4 nitrogen and oxygen atoms in total. The summed E-state index contributed by atoms with van der Waals surface area (Å²) in [5.74, 6) is 2.29. The first kappa shape index (κ1) is 19.3. The molecule has 2 atom stereocenters. The zero-order chi connectivity index (χ0) is 17.2. The lowest BCUT2D eigenvalue weighted by molar-refractivity contribution is -0.142. The minimum atomic E-state index is -0.413. The van der Waals surface area contributed by atoms with E-state index in [1.54, 1.807) is 6.92 Å². The molecule has 0 N–H and O–H groups in total. The molecule has 1 rings (SSSR count). The molecule has 0 aromatic heterocycles. The molecule has 0 amide bonds. The third kappa shape index (κ3) is 5.42. The number of ether oxygens (including phenoxy) is 2. The van der Waals surface area contributed by atoms with Gasteiger partial charge in [0.25, 0.3) is 0 Å². The van der Waals surface area contributed by atoms with Crippen LogP contribution >= 0.6 is 0 Å². The van der Waals surface area contributed by atoms with E-state index in [4.69, 9.17) is 15.9 Å². The van der Waals surface area contributed by atoms with E-state index < -0.39 is 5.97 Å². The van der Waals surface area contributed by atoms with E-state index in [9.17, 15) is 9.59 Å². The Bertz CT molecular complexity index is 484. The quantitative estimate of drug-likeness (QED) is 0.296. The van der Waals surface area contributed by atoms with Gasteiger partial charge in [0.2, 0.25) is 0 Å². The molecular formula is C19H28O4. The second-order valence-corrected chi connectivity index (χ2v) is 5.95. The monoisotopic (exact) mass is 320 g/mol. The lowest BCUT2D eigenvalue weighted by Crippen LogP contribution is -2.17. The van der Waals surface area contributed by atoms with Crippen molar-refractivity contribution >= 4 is 11.9 Å². The SMILES string of the molecule is C#C/C(C(=O)OCC)=C1\CCC(CC(=O)OC)C1CCCCC. The molecule has 1 fully saturated rings. The molecule has 23 heavy (non-hydrogen) atoms. The fourth-order valence-electron chi connectivity index (χ4n) is 3.37. The fourth-order valence-corrected chi connectivity index (χ4v) is 3.37. The van der Waals surface area contributed by atoms with E-state index >= 15 is 0 Å². The van der Waals surface area contributed by atoms with Crippen LogP contribution < -0.4 is 0 Å². The molecule has 2 unspecified atom stereocenters. The van der Waals surface area contributed by atoms with Crippen LogP contribution in [0.15, 0.2) is 11.1 Å². The van der Waals surface area contributed by atoms with Crippen molar-refractivity contribution in [3.05, 3.63) is 11.1 Å². The maximum absolute atomic E-state index is 12.1. The lowest BCUT2D eigenvalue weighted by Gasteiger charge is -2.21. The van der Waals surface area contributed by atoms with Gasteiger partial charge in [-0.25, -0.2) is 4.79 Å². The summed E-state index contributed by atoms with van der Waals surface area (Å²) in [6.07, 6.45) is 11.9. The molecule has 1 aliphatic rings. The topological polar surface area (TPSA) is 52.6 Å². The Morgan fingerprint density at radius 2 is 2.04 bits per heavy atom. The van der Waals surface area contributed by atoms with Gasteiger partial charge in [0, 0.05) is 6.42 Å². The first-order chi connectivity index (χ1) is 11.1. The Hall–Kier alpha value is -1.76. The predicted octanol–water partition coefficient (Wildman–Crippen LogP) is 3.65. The average molecular weight is 320 g/mol. The van der Waals surface area contributed by atoms with E-state index in [2.05, 4.69) is 12.8 Å². The Balaban J connectivity index is 3.00. The van der Waals surface area contributed by atoms with E-state index in [-0.39, 0.29) is 17.8 Å². The summed E-state index contributed by atoms with van der Waals surface area (Å²) >= 11 is 0. The Morgan fingerprint density at radius 1 is 1.30 bits per heavy atom. The molecule has 0 aromatic rings. The van der Waals surface area contributed by atoms with E-state index in [0.29, 0.717) is 18.6 Å². The highest BCUT2D eigenvalue weighted by Gasteiger charge is 2.35. The third-order valence-corrected chi connectivity index (χ3v) is 4.52. The van der Waals surface area contributed by atoms with Crippen LogP contribution in [0.1, 0.15) is 58.8 Å². The van der Waals surface area contributed by atoms with Crippen LogP contribution in [0.4, 0.5) is 0 Å². The number of carbonyl (C=O) groups is 2. The number of rotatable bonds is 8. The van der Waals surface area contributed by atoms with Gasteiger partial charge in [0.15, 0.2) is 0 Å². The van der Waals surface area contributed by atoms with Gasteiger partial charge in [-0.15, -0.1) is 6.42 Å². The molecule has 0 aromatic carbocycles. The number of terminal acetylenes is 1. The number of hydrogen-bond donors (Lipinski definition) is 0. The van der Waals surface area contributed by atoms with Crippen molar-refractivity contribution in [1.82, 2.24) is 0 Å². The Morgan fingerprint density at radius 3 is 2.61 bits per heavy atom. The van der Waals surface area contributed by atoms with Crippen molar-refractivity contribution in [2.75, 3.05) is 13.7 Å². The first-order valence-electron chi connectivity index (χ1n) is 8.52. The summed E-state index contributed by atoms with van der Waals surface area (Å²) in [6, 6.07) is 0. The van der Waals surface area contributed by atoms with Crippen LogP contribution in [0.2, 0.25) is 0 Å². The van der Waals surface area contributed by atoms with Crippen LogP contribution in [0, 0.1) is 24.2 Å². The molecule has 4 heteroatoms. The van der Waals surface area contributed by atoms with E-state index in [1.807, 2.05) is 0 Å². The summed E-state index contributed by atoms with van der Waals surface area (Å²) in [4.78, 5) is 23.8. The van der Waals surface area contributed by atoms with Crippen LogP contribution in [0.3, 0.4) is 0 Å². The van der Waals surface area contributed by atoms with Crippen molar-refractivity contribution in [3.8, 4) is 12.3 Å². The van der Waals surface area contributed by atoms with Crippen LogP contribution in [0.25, 0.3) is 0 Å². The van der Waals surface area contributed by atoms with Gasteiger partial charge >= 0.3 is 11.9 Å². The van der Waals surface area contributed by atoms with E-state index in [0.717, 1.165) is 44.1 Å². The van der Waals surface area contributed by atoms with Crippen LogP contribution in [0.5, 0.6) is 0 Å².